The van der Waals surface area contributed by atoms with E-state index in [4.69, 9.17) is 0 Å². The lowest BCUT2D eigenvalue weighted by Crippen LogP contribution is -2.12. The normalized spacial score (nSPS) is 11.2. The number of sulfonamides is 1. The Kier molecular flexibility index (Phi) is 4.54. The van der Waals surface area contributed by atoms with Gasteiger partial charge in [0.2, 0.25) is 11.0 Å². The van der Waals surface area contributed by atoms with Crippen molar-refractivity contribution in [2.75, 3.05) is 10.0 Å². The van der Waals surface area contributed by atoms with Crippen molar-refractivity contribution in [1.29, 1.82) is 0 Å². The van der Waals surface area contributed by atoms with Gasteiger partial charge in [-0.15, -0.1) is 10.2 Å². The highest BCUT2D eigenvalue weighted by Gasteiger charge is 2.21. The van der Waals surface area contributed by atoms with E-state index < -0.39 is 21.7 Å². The van der Waals surface area contributed by atoms with Gasteiger partial charge in [-0.1, -0.05) is 11.3 Å². The molecule has 0 saturated carbocycles. The van der Waals surface area contributed by atoms with Gasteiger partial charge < -0.3 is 5.32 Å². The highest BCUT2D eigenvalue weighted by Crippen LogP contribution is 2.24. The topological polar surface area (TPSA) is 101 Å². The lowest BCUT2D eigenvalue weighted by atomic mass is 10.3. The zero-order valence-electron chi connectivity index (χ0n) is 10.4. The summed E-state index contributed by atoms with van der Waals surface area (Å²) in [5, 5.41) is 9.39. The molecule has 2 aromatic rings. The molecule has 1 aromatic heterocycles. The number of hydrogen-bond donors (Lipinski definition) is 2. The van der Waals surface area contributed by atoms with Crippen molar-refractivity contribution in [2.24, 2.45) is 0 Å². The lowest BCUT2D eigenvalue weighted by molar-refractivity contribution is -0.114. The van der Waals surface area contributed by atoms with E-state index in [2.05, 4.69) is 36.2 Å². The van der Waals surface area contributed by atoms with Gasteiger partial charge in [0.25, 0.3) is 14.4 Å². The highest BCUT2D eigenvalue weighted by molar-refractivity contribution is 9.10. The number of halogens is 2. The van der Waals surface area contributed by atoms with Crippen LogP contribution in [0.4, 0.5) is 15.2 Å². The van der Waals surface area contributed by atoms with Gasteiger partial charge in [0.1, 0.15) is 5.82 Å². The minimum absolute atomic E-state index is 0.0481. The van der Waals surface area contributed by atoms with E-state index in [0.717, 1.165) is 6.07 Å². The first-order valence-electron chi connectivity index (χ1n) is 5.37. The number of rotatable bonds is 4. The van der Waals surface area contributed by atoms with Crippen LogP contribution in [0.3, 0.4) is 0 Å². The number of nitrogens with one attached hydrogen (secondary N) is 2. The second kappa shape index (κ2) is 6.03. The third-order valence-electron chi connectivity index (χ3n) is 2.09. The fraction of sp³-hybridized carbons (Fsp3) is 0.100. The quantitative estimate of drug-likeness (QED) is 0.773. The molecule has 0 aliphatic heterocycles. The van der Waals surface area contributed by atoms with Crippen LogP contribution in [0.25, 0.3) is 0 Å². The maximum atomic E-state index is 13.3. The van der Waals surface area contributed by atoms with Gasteiger partial charge in [-0.3, -0.25) is 9.52 Å². The van der Waals surface area contributed by atoms with Crippen molar-refractivity contribution in [3.63, 3.8) is 0 Å². The first-order valence-corrected chi connectivity index (χ1v) is 8.46. The average Bonchev–Trinajstić information content (AvgIpc) is 2.82. The van der Waals surface area contributed by atoms with E-state index in [1.165, 1.54) is 19.1 Å². The Labute approximate surface area is 131 Å². The maximum Gasteiger partial charge on any atom is 0.291 e. The Morgan fingerprint density at radius 1 is 1.38 bits per heavy atom. The summed E-state index contributed by atoms with van der Waals surface area (Å²) in [6.07, 6.45) is 0. The van der Waals surface area contributed by atoms with E-state index in [-0.39, 0.29) is 19.6 Å². The van der Waals surface area contributed by atoms with Crippen LogP contribution >= 0.6 is 27.3 Å². The van der Waals surface area contributed by atoms with Crippen molar-refractivity contribution >= 4 is 54.0 Å². The molecule has 0 unspecified atom stereocenters. The van der Waals surface area contributed by atoms with Gasteiger partial charge in [-0.2, -0.15) is 8.42 Å². The van der Waals surface area contributed by atoms with Crippen LogP contribution < -0.4 is 10.0 Å². The van der Waals surface area contributed by atoms with Crippen LogP contribution in [0, 0.1) is 5.82 Å². The minimum Gasteiger partial charge on any atom is -0.301 e. The van der Waals surface area contributed by atoms with Crippen LogP contribution in [0.15, 0.2) is 27.0 Å². The van der Waals surface area contributed by atoms with Crippen LogP contribution in [-0.4, -0.2) is 24.5 Å². The van der Waals surface area contributed by atoms with Gasteiger partial charge in [0.05, 0.1) is 10.2 Å². The third-order valence-corrected chi connectivity index (χ3v) is 5.32. The van der Waals surface area contributed by atoms with E-state index in [9.17, 15) is 17.6 Å². The SMILES string of the molecule is CC(=O)Nc1nnc(S(=O)(=O)Nc2ccc(Br)c(F)c2)s1. The molecule has 21 heavy (non-hydrogen) atoms. The summed E-state index contributed by atoms with van der Waals surface area (Å²) in [5.74, 6) is -0.996. The van der Waals surface area contributed by atoms with Crippen molar-refractivity contribution < 1.29 is 17.6 Å². The van der Waals surface area contributed by atoms with Gasteiger partial charge in [0, 0.05) is 6.92 Å². The Hall–Kier alpha value is -1.59. The minimum atomic E-state index is -4.00. The number of carbonyl (C=O) groups excluding carboxylic acids is 1. The molecule has 0 aliphatic carbocycles. The summed E-state index contributed by atoms with van der Waals surface area (Å²) >= 11 is 3.65. The molecule has 7 nitrogen and oxygen atoms in total. The van der Waals surface area contributed by atoms with E-state index >= 15 is 0 Å². The van der Waals surface area contributed by atoms with E-state index in [1.807, 2.05) is 0 Å². The second-order valence-electron chi connectivity index (χ2n) is 3.79. The summed E-state index contributed by atoms with van der Waals surface area (Å²) < 4.78 is 39.5. The molecule has 1 heterocycles. The average molecular weight is 395 g/mol. The number of carbonyl (C=O) groups is 1. The van der Waals surface area contributed by atoms with Crippen molar-refractivity contribution in [3.8, 4) is 0 Å². The molecule has 0 spiro atoms. The Morgan fingerprint density at radius 3 is 2.71 bits per heavy atom. The van der Waals surface area contributed by atoms with Crippen LogP contribution in [0.5, 0.6) is 0 Å². The van der Waals surface area contributed by atoms with Crippen LogP contribution in [0.1, 0.15) is 6.92 Å². The Morgan fingerprint density at radius 2 is 2.10 bits per heavy atom. The largest absolute Gasteiger partial charge is 0.301 e. The molecular formula is C10H8BrFN4O3S2. The lowest BCUT2D eigenvalue weighted by Gasteiger charge is -2.05. The van der Waals surface area contributed by atoms with E-state index in [1.54, 1.807) is 0 Å². The van der Waals surface area contributed by atoms with Gasteiger partial charge in [0.15, 0.2) is 0 Å². The van der Waals surface area contributed by atoms with Crippen LogP contribution in [-0.2, 0) is 14.8 Å². The molecule has 112 valence electrons. The molecule has 0 atom stereocenters. The molecule has 2 N–H and O–H groups in total. The second-order valence-corrected chi connectivity index (χ2v) is 7.48. The zero-order valence-corrected chi connectivity index (χ0v) is 13.6. The summed E-state index contributed by atoms with van der Waals surface area (Å²) in [6, 6.07) is 3.79. The molecule has 0 radical (unpaired) electrons. The first kappa shape index (κ1) is 15.8. The standard InChI is InChI=1S/C10H8BrFN4O3S2/c1-5(17)13-9-14-15-10(20-9)21(18,19)16-6-2-3-7(11)8(12)4-6/h2-4,16H,1H3,(H,13,14,17). The summed E-state index contributed by atoms with van der Waals surface area (Å²) in [7, 11) is -4.00. The summed E-state index contributed by atoms with van der Waals surface area (Å²) in [5.41, 5.74) is 0.0481. The van der Waals surface area contributed by atoms with Gasteiger partial charge >= 0.3 is 0 Å². The molecule has 1 aromatic carbocycles. The third kappa shape index (κ3) is 3.95. The molecule has 0 saturated heterocycles. The van der Waals surface area contributed by atoms with Crippen molar-refractivity contribution in [3.05, 3.63) is 28.5 Å². The smallest absolute Gasteiger partial charge is 0.291 e. The molecule has 0 aliphatic rings. The number of anilines is 2. The predicted molar refractivity (Wildman–Crippen MR) is 79.1 cm³/mol. The highest BCUT2D eigenvalue weighted by atomic mass is 79.9. The fourth-order valence-corrected chi connectivity index (χ4v) is 3.52. The number of nitrogens with zero attached hydrogens (tertiary/aromatic N) is 2. The molecule has 1 amide bonds. The molecule has 11 heteroatoms. The monoisotopic (exact) mass is 394 g/mol. The molecule has 0 fully saturated rings. The molecular weight excluding hydrogens is 387 g/mol. The summed E-state index contributed by atoms with van der Waals surface area (Å²) in [4.78, 5) is 10.8. The number of benzene rings is 1. The zero-order chi connectivity index (χ0) is 15.6. The summed E-state index contributed by atoms with van der Waals surface area (Å²) in [6.45, 7) is 1.26. The van der Waals surface area contributed by atoms with Crippen LogP contribution in [0.2, 0.25) is 0 Å². The molecule has 0 bridgehead atoms. The van der Waals surface area contributed by atoms with Gasteiger partial charge in [-0.05, 0) is 34.1 Å². The number of aromatic nitrogens is 2. The Balaban J connectivity index is 2.23. The van der Waals surface area contributed by atoms with E-state index in [0.29, 0.717) is 11.3 Å². The first-order chi connectivity index (χ1) is 9.78. The van der Waals surface area contributed by atoms with Crippen molar-refractivity contribution in [2.45, 2.75) is 11.3 Å². The van der Waals surface area contributed by atoms with Gasteiger partial charge in [-0.25, -0.2) is 4.39 Å². The number of hydrogen-bond acceptors (Lipinski definition) is 6. The van der Waals surface area contributed by atoms with Crippen molar-refractivity contribution in [1.82, 2.24) is 10.2 Å². The maximum absolute atomic E-state index is 13.3. The number of amides is 1. The fourth-order valence-electron chi connectivity index (χ4n) is 1.28. The predicted octanol–water partition coefficient (Wildman–Crippen LogP) is 2.20. The molecule has 2 rings (SSSR count). The Bertz CT molecular complexity index is 793.